The summed E-state index contributed by atoms with van der Waals surface area (Å²) in [5, 5.41) is 2.83. The standard InChI is InChI=1S/C26H35N5O4S/c1-21(27)28-14-8-9-15-29-25(32)19-30-16-17-31(36(34,35)20-23-12-6-3-7-13-23)24(26(30)33)18-22-10-4-2-5-11-22/h2-7,10-13,24H,8-9,14-20H2,1H3,(H2,27,28)(H,29,32). The third kappa shape index (κ3) is 8.17. The number of nitrogens with two attached hydrogens (primary N) is 1. The van der Waals surface area contributed by atoms with Crippen molar-refractivity contribution in [3.63, 3.8) is 0 Å². The van der Waals surface area contributed by atoms with Gasteiger partial charge in [0, 0.05) is 26.2 Å². The van der Waals surface area contributed by atoms with Gasteiger partial charge in [-0.3, -0.25) is 14.6 Å². The maximum atomic E-state index is 13.5. The molecule has 3 N–H and O–H groups in total. The minimum absolute atomic E-state index is 0.100. The Morgan fingerprint density at radius 1 is 1.03 bits per heavy atom. The molecule has 1 heterocycles. The lowest BCUT2D eigenvalue weighted by Crippen LogP contribution is -2.60. The highest BCUT2D eigenvalue weighted by atomic mass is 32.2. The molecule has 0 radical (unpaired) electrons. The molecule has 1 unspecified atom stereocenters. The molecule has 1 atom stereocenters. The Hall–Kier alpha value is -3.24. The second kappa shape index (κ2) is 13.2. The first-order chi connectivity index (χ1) is 17.3. The van der Waals surface area contributed by atoms with Gasteiger partial charge in [0.15, 0.2) is 0 Å². The number of unbranched alkanes of at least 4 members (excludes halogenated alkanes) is 1. The number of hydrogen-bond donors (Lipinski definition) is 2. The van der Waals surface area contributed by atoms with Crippen LogP contribution in [0.4, 0.5) is 0 Å². The number of hydrogen-bond acceptors (Lipinski definition) is 5. The molecule has 2 amide bonds. The molecule has 1 saturated heterocycles. The normalized spacial score (nSPS) is 17.2. The van der Waals surface area contributed by atoms with Gasteiger partial charge < -0.3 is 16.0 Å². The first kappa shape index (κ1) is 27.3. The van der Waals surface area contributed by atoms with Crippen molar-refractivity contribution in [1.29, 1.82) is 0 Å². The number of nitrogens with zero attached hydrogens (tertiary/aromatic N) is 3. The van der Waals surface area contributed by atoms with Crippen LogP contribution in [0.5, 0.6) is 0 Å². The number of amidine groups is 1. The van der Waals surface area contributed by atoms with Crippen LogP contribution in [0.3, 0.4) is 0 Å². The quantitative estimate of drug-likeness (QED) is 0.253. The molecular formula is C26H35N5O4S. The molecule has 0 spiro atoms. The van der Waals surface area contributed by atoms with Crippen LogP contribution in [0.2, 0.25) is 0 Å². The lowest BCUT2D eigenvalue weighted by atomic mass is 10.0. The fourth-order valence-electron chi connectivity index (χ4n) is 4.15. The summed E-state index contributed by atoms with van der Waals surface area (Å²) in [5.41, 5.74) is 7.03. The second-order valence-electron chi connectivity index (χ2n) is 8.90. The van der Waals surface area contributed by atoms with E-state index < -0.39 is 16.1 Å². The van der Waals surface area contributed by atoms with Crippen LogP contribution >= 0.6 is 0 Å². The minimum Gasteiger partial charge on any atom is -0.388 e. The zero-order valence-electron chi connectivity index (χ0n) is 20.7. The van der Waals surface area contributed by atoms with E-state index in [0.29, 0.717) is 24.5 Å². The lowest BCUT2D eigenvalue weighted by molar-refractivity contribution is -0.142. The van der Waals surface area contributed by atoms with E-state index in [1.807, 2.05) is 36.4 Å². The summed E-state index contributed by atoms with van der Waals surface area (Å²) >= 11 is 0. The van der Waals surface area contributed by atoms with Gasteiger partial charge in [-0.1, -0.05) is 60.7 Å². The molecular weight excluding hydrogens is 478 g/mol. The number of carbonyl (C=O) groups is 2. The summed E-state index contributed by atoms with van der Waals surface area (Å²) in [4.78, 5) is 31.5. The number of benzene rings is 2. The van der Waals surface area contributed by atoms with Crippen molar-refractivity contribution in [3.05, 3.63) is 71.8 Å². The van der Waals surface area contributed by atoms with Gasteiger partial charge in [0.05, 0.1) is 18.1 Å². The number of aliphatic imine (C=N–C) groups is 1. The number of amides is 2. The van der Waals surface area contributed by atoms with Crippen molar-refractivity contribution in [2.45, 2.75) is 38.0 Å². The molecule has 2 aromatic rings. The summed E-state index contributed by atoms with van der Waals surface area (Å²) in [7, 11) is -3.75. The Kier molecular flexibility index (Phi) is 10.0. The molecule has 0 saturated carbocycles. The fraction of sp³-hybridized carbons (Fsp3) is 0.423. The van der Waals surface area contributed by atoms with Gasteiger partial charge in [-0.15, -0.1) is 0 Å². The van der Waals surface area contributed by atoms with Crippen LogP contribution in [0, 0.1) is 0 Å². The number of rotatable bonds is 12. The molecule has 2 aromatic carbocycles. The van der Waals surface area contributed by atoms with E-state index in [2.05, 4.69) is 10.3 Å². The van der Waals surface area contributed by atoms with E-state index >= 15 is 0 Å². The second-order valence-corrected chi connectivity index (χ2v) is 10.8. The van der Waals surface area contributed by atoms with Crippen molar-refractivity contribution in [2.75, 3.05) is 32.7 Å². The van der Waals surface area contributed by atoms with Crippen molar-refractivity contribution >= 4 is 27.7 Å². The number of sulfonamides is 1. The average molecular weight is 514 g/mol. The van der Waals surface area contributed by atoms with E-state index in [0.717, 1.165) is 18.4 Å². The molecule has 1 fully saturated rings. The van der Waals surface area contributed by atoms with Gasteiger partial charge in [0.2, 0.25) is 21.8 Å². The monoisotopic (exact) mass is 513 g/mol. The van der Waals surface area contributed by atoms with Crippen molar-refractivity contribution in [1.82, 2.24) is 14.5 Å². The van der Waals surface area contributed by atoms with E-state index in [-0.39, 0.29) is 43.6 Å². The topological polar surface area (TPSA) is 125 Å². The summed E-state index contributed by atoms with van der Waals surface area (Å²) in [5.74, 6) is -0.265. The average Bonchev–Trinajstić information content (AvgIpc) is 2.84. The molecule has 10 heteroatoms. The van der Waals surface area contributed by atoms with Crippen LogP contribution < -0.4 is 11.1 Å². The van der Waals surface area contributed by atoms with E-state index in [4.69, 9.17) is 5.73 Å². The zero-order valence-corrected chi connectivity index (χ0v) is 21.5. The van der Waals surface area contributed by atoms with Gasteiger partial charge in [0.25, 0.3) is 0 Å². The molecule has 0 aromatic heterocycles. The molecule has 9 nitrogen and oxygen atoms in total. The predicted molar refractivity (Wildman–Crippen MR) is 141 cm³/mol. The van der Waals surface area contributed by atoms with Gasteiger partial charge >= 0.3 is 0 Å². The maximum absolute atomic E-state index is 13.5. The zero-order chi connectivity index (χ0) is 26.0. The third-order valence-corrected chi connectivity index (χ3v) is 7.81. The molecule has 3 rings (SSSR count). The van der Waals surface area contributed by atoms with Crippen molar-refractivity contribution in [2.24, 2.45) is 10.7 Å². The number of carbonyl (C=O) groups excluding carboxylic acids is 2. The molecule has 1 aliphatic rings. The first-order valence-corrected chi connectivity index (χ1v) is 13.8. The maximum Gasteiger partial charge on any atom is 0.241 e. The highest BCUT2D eigenvalue weighted by molar-refractivity contribution is 7.88. The van der Waals surface area contributed by atoms with Gasteiger partial charge in [-0.2, -0.15) is 4.31 Å². The largest absolute Gasteiger partial charge is 0.388 e. The van der Waals surface area contributed by atoms with Crippen LogP contribution in [0.15, 0.2) is 65.7 Å². The molecule has 1 aliphatic heterocycles. The molecule has 36 heavy (non-hydrogen) atoms. The Balaban J connectivity index is 1.66. The van der Waals surface area contributed by atoms with E-state index in [1.165, 1.54) is 9.21 Å². The van der Waals surface area contributed by atoms with Crippen molar-refractivity contribution < 1.29 is 18.0 Å². The number of nitrogens with one attached hydrogen (secondary N) is 1. The number of piperazine rings is 1. The third-order valence-electron chi connectivity index (χ3n) is 5.96. The summed E-state index contributed by atoms with van der Waals surface area (Å²) in [6.07, 6.45) is 1.79. The minimum atomic E-state index is -3.75. The lowest BCUT2D eigenvalue weighted by Gasteiger charge is -2.39. The smallest absolute Gasteiger partial charge is 0.241 e. The van der Waals surface area contributed by atoms with E-state index in [1.54, 1.807) is 31.2 Å². The van der Waals surface area contributed by atoms with Crippen LogP contribution in [-0.4, -0.2) is 74.0 Å². The van der Waals surface area contributed by atoms with Crippen LogP contribution in [-0.2, 0) is 31.8 Å². The SMILES string of the molecule is CC(N)=NCCCCNC(=O)CN1CCN(S(=O)(=O)Cc2ccccc2)C(Cc2ccccc2)C1=O. The summed E-state index contributed by atoms with van der Waals surface area (Å²) in [6, 6.07) is 17.4. The first-order valence-electron chi connectivity index (χ1n) is 12.2. The van der Waals surface area contributed by atoms with Crippen LogP contribution in [0.1, 0.15) is 30.9 Å². The van der Waals surface area contributed by atoms with E-state index in [9.17, 15) is 18.0 Å². The molecule has 0 bridgehead atoms. The summed E-state index contributed by atoms with van der Waals surface area (Å²) < 4.78 is 28.0. The Morgan fingerprint density at radius 2 is 1.67 bits per heavy atom. The summed E-state index contributed by atoms with van der Waals surface area (Å²) in [6.45, 7) is 3.02. The van der Waals surface area contributed by atoms with Crippen LogP contribution in [0.25, 0.3) is 0 Å². The Labute approximate surface area is 213 Å². The van der Waals surface area contributed by atoms with Crippen molar-refractivity contribution in [3.8, 4) is 0 Å². The Bertz CT molecular complexity index is 1140. The van der Waals surface area contributed by atoms with Gasteiger partial charge in [0.1, 0.15) is 6.04 Å². The fourth-order valence-corrected chi connectivity index (χ4v) is 5.84. The molecule has 0 aliphatic carbocycles. The predicted octanol–water partition coefficient (Wildman–Crippen LogP) is 1.55. The highest BCUT2D eigenvalue weighted by Gasteiger charge is 2.41. The highest BCUT2D eigenvalue weighted by Crippen LogP contribution is 2.22. The Morgan fingerprint density at radius 3 is 2.31 bits per heavy atom. The molecule has 194 valence electrons. The van der Waals surface area contributed by atoms with Gasteiger partial charge in [-0.05, 0) is 37.3 Å². The van der Waals surface area contributed by atoms with Gasteiger partial charge in [-0.25, -0.2) is 8.42 Å².